The van der Waals surface area contributed by atoms with Crippen molar-refractivity contribution in [2.75, 3.05) is 23.8 Å². The highest BCUT2D eigenvalue weighted by molar-refractivity contribution is 5.73. The van der Waals surface area contributed by atoms with E-state index in [1.807, 2.05) is 0 Å². The van der Waals surface area contributed by atoms with Crippen LogP contribution >= 0.6 is 0 Å². The van der Waals surface area contributed by atoms with Gasteiger partial charge < -0.3 is 10.2 Å². The maximum absolute atomic E-state index is 3.52. The van der Waals surface area contributed by atoms with Crippen molar-refractivity contribution >= 4 is 11.4 Å². The summed E-state index contributed by atoms with van der Waals surface area (Å²) in [5, 5.41) is 3.52. The van der Waals surface area contributed by atoms with Crippen molar-refractivity contribution < 1.29 is 0 Å². The van der Waals surface area contributed by atoms with Crippen LogP contribution in [0.25, 0.3) is 0 Å². The topological polar surface area (TPSA) is 15.3 Å². The quantitative estimate of drug-likeness (QED) is 0.818. The molecule has 0 saturated carbocycles. The SMILES string of the molecule is CCC1CNc2ccc(C(C)C)cc2N1C. The molecule has 1 N–H and O–H groups in total. The van der Waals surface area contributed by atoms with Gasteiger partial charge in [-0.2, -0.15) is 0 Å². The van der Waals surface area contributed by atoms with Crippen molar-refractivity contribution in [2.24, 2.45) is 0 Å². The summed E-state index contributed by atoms with van der Waals surface area (Å²) in [7, 11) is 2.21. The van der Waals surface area contributed by atoms with Crippen molar-refractivity contribution in [3.8, 4) is 0 Å². The molecule has 0 aliphatic carbocycles. The van der Waals surface area contributed by atoms with Crippen LogP contribution in [0.15, 0.2) is 18.2 Å². The number of likely N-dealkylation sites (N-methyl/N-ethyl adjacent to an activating group) is 1. The summed E-state index contributed by atoms with van der Waals surface area (Å²) in [5.74, 6) is 0.598. The van der Waals surface area contributed by atoms with Crippen LogP contribution in [-0.2, 0) is 0 Å². The third kappa shape index (κ3) is 1.89. The number of hydrogen-bond acceptors (Lipinski definition) is 2. The van der Waals surface area contributed by atoms with Crippen LogP contribution in [0, 0.1) is 0 Å². The normalized spacial score (nSPS) is 19.6. The highest BCUT2D eigenvalue weighted by Gasteiger charge is 2.21. The zero-order valence-electron chi connectivity index (χ0n) is 10.7. The minimum atomic E-state index is 0.598. The first-order valence-electron chi connectivity index (χ1n) is 6.24. The zero-order chi connectivity index (χ0) is 11.7. The van der Waals surface area contributed by atoms with E-state index < -0.39 is 0 Å². The molecule has 1 aliphatic heterocycles. The van der Waals surface area contributed by atoms with Gasteiger partial charge in [-0.1, -0.05) is 26.8 Å². The molecule has 0 aromatic heterocycles. The Labute approximate surface area is 98.7 Å². The van der Waals surface area contributed by atoms with Gasteiger partial charge in [0.05, 0.1) is 11.4 Å². The van der Waals surface area contributed by atoms with Crippen molar-refractivity contribution in [3.05, 3.63) is 23.8 Å². The molecule has 0 amide bonds. The fourth-order valence-corrected chi connectivity index (χ4v) is 2.33. The summed E-state index contributed by atoms with van der Waals surface area (Å²) in [6.45, 7) is 7.80. The second-order valence-corrected chi connectivity index (χ2v) is 4.99. The number of hydrogen-bond donors (Lipinski definition) is 1. The molecule has 2 nitrogen and oxygen atoms in total. The van der Waals surface area contributed by atoms with Gasteiger partial charge in [0, 0.05) is 19.6 Å². The van der Waals surface area contributed by atoms with E-state index in [0.29, 0.717) is 12.0 Å². The number of anilines is 2. The third-order valence-electron chi connectivity index (χ3n) is 3.62. The summed E-state index contributed by atoms with van der Waals surface area (Å²) < 4.78 is 0. The molecule has 0 bridgehead atoms. The Hall–Kier alpha value is -1.18. The van der Waals surface area contributed by atoms with Gasteiger partial charge in [0.2, 0.25) is 0 Å². The van der Waals surface area contributed by atoms with Crippen LogP contribution in [-0.4, -0.2) is 19.6 Å². The number of benzene rings is 1. The monoisotopic (exact) mass is 218 g/mol. The van der Waals surface area contributed by atoms with E-state index in [2.05, 4.69) is 56.2 Å². The molecule has 1 atom stereocenters. The summed E-state index contributed by atoms with van der Waals surface area (Å²) >= 11 is 0. The molecule has 2 heteroatoms. The fourth-order valence-electron chi connectivity index (χ4n) is 2.33. The molecule has 0 saturated heterocycles. The molecule has 0 spiro atoms. The van der Waals surface area contributed by atoms with Gasteiger partial charge in [-0.15, -0.1) is 0 Å². The van der Waals surface area contributed by atoms with E-state index in [4.69, 9.17) is 0 Å². The highest BCUT2D eigenvalue weighted by Crippen LogP contribution is 2.33. The molecule has 0 radical (unpaired) electrons. The summed E-state index contributed by atoms with van der Waals surface area (Å²) in [6, 6.07) is 7.40. The standard InChI is InChI=1S/C14H22N2/c1-5-12-9-15-13-7-6-11(10(2)3)8-14(13)16(12)4/h6-8,10,12,15H,5,9H2,1-4H3. The lowest BCUT2D eigenvalue weighted by Crippen LogP contribution is -2.41. The van der Waals surface area contributed by atoms with Gasteiger partial charge in [0.15, 0.2) is 0 Å². The van der Waals surface area contributed by atoms with Crippen LogP contribution in [0.2, 0.25) is 0 Å². The minimum absolute atomic E-state index is 0.598. The number of nitrogens with zero attached hydrogens (tertiary/aromatic N) is 1. The van der Waals surface area contributed by atoms with Crippen LogP contribution in [0.5, 0.6) is 0 Å². The van der Waals surface area contributed by atoms with E-state index in [-0.39, 0.29) is 0 Å². The van der Waals surface area contributed by atoms with Gasteiger partial charge >= 0.3 is 0 Å². The van der Waals surface area contributed by atoms with Crippen molar-refractivity contribution in [3.63, 3.8) is 0 Å². The molecule has 1 aromatic rings. The molecular formula is C14H22N2. The number of nitrogens with one attached hydrogen (secondary N) is 1. The largest absolute Gasteiger partial charge is 0.381 e. The Morgan fingerprint density at radius 1 is 1.44 bits per heavy atom. The first kappa shape index (κ1) is 11.3. The van der Waals surface area contributed by atoms with Gasteiger partial charge in [0.1, 0.15) is 0 Å². The summed E-state index contributed by atoms with van der Waals surface area (Å²) in [6.07, 6.45) is 1.19. The third-order valence-corrected chi connectivity index (χ3v) is 3.62. The fraction of sp³-hybridized carbons (Fsp3) is 0.571. The van der Waals surface area contributed by atoms with Crippen LogP contribution in [0.3, 0.4) is 0 Å². The lowest BCUT2D eigenvalue weighted by atomic mass is 9.99. The molecule has 1 aromatic carbocycles. The van der Waals surface area contributed by atoms with Crippen molar-refractivity contribution in [1.82, 2.24) is 0 Å². The first-order valence-corrected chi connectivity index (χ1v) is 6.24. The number of rotatable bonds is 2. The molecule has 1 aliphatic rings. The Balaban J connectivity index is 2.36. The minimum Gasteiger partial charge on any atom is -0.381 e. The van der Waals surface area contributed by atoms with Crippen molar-refractivity contribution in [2.45, 2.75) is 39.2 Å². The molecule has 2 rings (SSSR count). The van der Waals surface area contributed by atoms with E-state index in [9.17, 15) is 0 Å². The van der Waals surface area contributed by atoms with Crippen LogP contribution < -0.4 is 10.2 Å². The number of fused-ring (bicyclic) bond motifs is 1. The highest BCUT2D eigenvalue weighted by atomic mass is 15.2. The molecule has 1 unspecified atom stereocenters. The molecule has 1 heterocycles. The van der Waals surface area contributed by atoms with Gasteiger partial charge in [-0.05, 0) is 30.0 Å². The smallest absolute Gasteiger partial charge is 0.0605 e. The summed E-state index contributed by atoms with van der Waals surface area (Å²) in [5.41, 5.74) is 4.05. The Bertz CT molecular complexity index is 371. The zero-order valence-corrected chi connectivity index (χ0v) is 10.7. The maximum atomic E-state index is 3.52. The molecular weight excluding hydrogens is 196 g/mol. The van der Waals surface area contributed by atoms with E-state index >= 15 is 0 Å². The lowest BCUT2D eigenvalue weighted by Gasteiger charge is -2.36. The van der Waals surface area contributed by atoms with Crippen LogP contribution in [0.4, 0.5) is 11.4 Å². The molecule has 88 valence electrons. The van der Waals surface area contributed by atoms with Crippen LogP contribution in [0.1, 0.15) is 38.7 Å². The van der Waals surface area contributed by atoms with Gasteiger partial charge in [-0.3, -0.25) is 0 Å². The Morgan fingerprint density at radius 2 is 2.19 bits per heavy atom. The molecule has 16 heavy (non-hydrogen) atoms. The second-order valence-electron chi connectivity index (χ2n) is 4.99. The van der Waals surface area contributed by atoms with Crippen molar-refractivity contribution in [1.29, 1.82) is 0 Å². The second kappa shape index (κ2) is 4.36. The predicted octanol–water partition coefficient (Wildman–Crippen LogP) is 3.45. The molecule has 0 fully saturated rings. The van der Waals surface area contributed by atoms with E-state index in [0.717, 1.165) is 6.54 Å². The summed E-state index contributed by atoms with van der Waals surface area (Å²) in [4.78, 5) is 2.41. The first-order chi connectivity index (χ1) is 7.63. The average molecular weight is 218 g/mol. The maximum Gasteiger partial charge on any atom is 0.0605 e. The van der Waals surface area contributed by atoms with E-state index in [1.54, 1.807) is 0 Å². The predicted molar refractivity (Wildman–Crippen MR) is 71.5 cm³/mol. The van der Waals surface area contributed by atoms with E-state index in [1.165, 1.54) is 23.4 Å². The van der Waals surface area contributed by atoms with Gasteiger partial charge in [0.25, 0.3) is 0 Å². The Morgan fingerprint density at radius 3 is 2.81 bits per heavy atom. The Kier molecular flexibility index (Phi) is 3.08. The lowest BCUT2D eigenvalue weighted by molar-refractivity contribution is 0.622. The van der Waals surface area contributed by atoms with Gasteiger partial charge in [-0.25, -0.2) is 0 Å². The average Bonchev–Trinajstić information content (AvgIpc) is 2.29.